The van der Waals surface area contributed by atoms with Gasteiger partial charge < -0.3 is 5.32 Å². The minimum atomic E-state index is -4.41. The number of imidazole rings is 1. The van der Waals surface area contributed by atoms with Crippen LogP contribution in [0, 0.1) is 5.82 Å². The third-order valence-corrected chi connectivity index (χ3v) is 6.28. The molecule has 2 aromatic carbocycles. The molecule has 4 rings (SSSR count). The molecule has 1 aliphatic rings. The second kappa shape index (κ2) is 9.02. The predicted molar refractivity (Wildman–Crippen MR) is 116 cm³/mol. The Morgan fingerprint density at radius 3 is 2.52 bits per heavy atom. The highest BCUT2D eigenvalue weighted by Crippen LogP contribution is 2.36. The Labute approximate surface area is 186 Å². The largest absolute Gasteiger partial charge is 0.417 e. The van der Waals surface area contributed by atoms with E-state index in [0.29, 0.717) is 23.1 Å². The third-order valence-electron chi connectivity index (χ3n) is 5.62. The maximum atomic E-state index is 13.8. The first-order chi connectivity index (χ1) is 14.8. The number of halogens is 5. The van der Waals surface area contributed by atoms with Crippen molar-refractivity contribution in [2.24, 2.45) is 0 Å². The zero-order valence-corrected chi connectivity index (χ0v) is 18.3. The van der Waals surface area contributed by atoms with E-state index < -0.39 is 11.7 Å². The summed E-state index contributed by atoms with van der Waals surface area (Å²) in [4.78, 5) is 4.77. The van der Waals surface area contributed by atoms with Gasteiger partial charge in [-0.25, -0.2) is 9.37 Å². The molecule has 31 heavy (non-hydrogen) atoms. The molecule has 164 valence electrons. The van der Waals surface area contributed by atoms with Crippen LogP contribution < -0.4 is 5.32 Å². The van der Waals surface area contributed by atoms with E-state index in [9.17, 15) is 17.6 Å². The van der Waals surface area contributed by atoms with Crippen LogP contribution >= 0.6 is 15.9 Å². The molecule has 1 heterocycles. The predicted octanol–water partition coefficient (Wildman–Crippen LogP) is 7.45. The van der Waals surface area contributed by atoms with Crippen LogP contribution in [0.4, 0.5) is 23.5 Å². The second-order valence-electron chi connectivity index (χ2n) is 7.84. The molecule has 0 aliphatic heterocycles. The van der Waals surface area contributed by atoms with Gasteiger partial charge in [0.2, 0.25) is 5.95 Å². The standard InChI is InChI=1S/C23H22BrF4N3/c24-20-11-15(9-10-19(20)23(26,27)28)13-29-22-30-21(16-5-2-1-3-6-16)14-31(22)18-8-4-7-17(25)12-18/h4,7-12,14,16H,1-3,5-6,13H2,(H,29,30). The topological polar surface area (TPSA) is 29.9 Å². The summed E-state index contributed by atoms with van der Waals surface area (Å²) < 4.78 is 54.6. The van der Waals surface area contributed by atoms with E-state index in [-0.39, 0.29) is 16.8 Å². The summed E-state index contributed by atoms with van der Waals surface area (Å²) in [6.07, 6.45) is 3.24. The number of aromatic nitrogens is 2. The molecule has 3 nitrogen and oxygen atoms in total. The molecule has 0 radical (unpaired) electrons. The number of nitrogens with zero attached hydrogens (tertiary/aromatic N) is 2. The lowest BCUT2D eigenvalue weighted by molar-refractivity contribution is -0.138. The monoisotopic (exact) mass is 495 g/mol. The Kier molecular flexibility index (Phi) is 6.36. The molecule has 8 heteroatoms. The summed E-state index contributed by atoms with van der Waals surface area (Å²) in [5.41, 5.74) is 1.57. The molecule has 1 aromatic heterocycles. The highest BCUT2D eigenvalue weighted by Gasteiger charge is 2.32. The fourth-order valence-electron chi connectivity index (χ4n) is 4.02. The Morgan fingerprint density at radius 1 is 1.06 bits per heavy atom. The molecule has 0 unspecified atom stereocenters. The van der Waals surface area contributed by atoms with Crippen LogP contribution in [0.3, 0.4) is 0 Å². The van der Waals surface area contributed by atoms with Crippen molar-refractivity contribution in [1.82, 2.24) is 9.55 Å². The van der Waals surface area contributed by atoms with Gasteiger partial charge in [0, 0.05) is 23.1 Å². The van der Waals surface area contributed by atoms with Crippen LogP contribution in [0.15, 0.2) is 53.1 Å². The van der Waals surface area contributed by atoms with E-state index in [1.165, 1.54) is 43.5 Å². The van der Waals surface area contributed by atoms with Gasteiger partial charge >= 0.3 is 6.18 Å². The van der Waals surface area contributed by atoms with Crippen molar-refractivity contribution in [1.29, 1.82) is 0 Å². The average Bonchev–Trinajstić information content (AvgIpc) is 3.16. The van der Waals surface area contributed by atoms with Crippen molar-refractivity contribution < 1.29 is 17.6 Å². The molecule has 1 aliphatic carbocycles. The van der Waals surface area contributed by atoms with E-state index in [4.69, 9.17) is 4.98 Å². The van der Waals surface area contributed by atoms with Crippen molar-refractivity contribution in [3.8, 4) is 5.69 Å². The minimum absolute atomic E-state index is 0.00401. The van der Waals surface area contributed by atoms with Gasteiger partial charge in [-0.3, -0.25) is 4.57 Å². The first-order valence-electron chi connectivity index (χ1n) is 10.3. The normalized spacial score (nSPS) is 15.3. The molecule has 0 amide bonds. The Balaban J connectivity index is 1.60. The molecule has 3 aromatic rings. The van der Waals surface area contributed by atoms with Gasteiger partial charge in [0.05, 0.1) is 16.9 Å². The van der Waals surface area contributed by atoms with E-state index in [1.54, 1.807) is 12.1 Å². The van der Waals surface area contributed by atoms with Crippen molar-refractivity contribution in [2.45, 2.75) is 50.7 Å². The summed E-state index contributed by atoms with van der Waals surface area (Å²) >= 11 is 3.01. The van der Waals surface area contributed by atoms with Crippen LogP contribution in [-0.2, 0) is 12.7 Å². The minimum Gasteiger partial charge on any atom is -0.351 e. The van der Waals surface area contributed by atoms with Crippen LogP contribution in [0.5, 0.6) is 0 Å². The summed E-state index contributed by atoms with van der Waals surface area (Å²) in [5, 5.41) is 3.22. The molecular formula is C23H22BrF4N3. The van der Waals surface area contributed by atoms with Crippen molar-refractivity contribution in [3.05, 3.63) is 75.8 Å². The fraction of sp³-hybridized carbons (Fsp3) is 0.348. The summed E-state index contributed by atoms with van der Waals surface area (Å²) in [5.74, 6) is 0.564. The number of hydrogen-bond acceptors (Lipinski definition) is 2. The van der Waals surface area contributed by atoms with Gasteiger partial charge in [-0.2, -0.15) is 13.2 Å². The quantitative estimate of drug-likeness (QED) is 0.372. The number of anilines is 1. The first kappa shape index (κ1) is 21.9. The average molecular weight is 496 g/mol. The number of rotatable bonds is 5. The first-order valence-corrected chi connectivity index (χ1v) is 11.1. The van der Waals surface area contributed by atoms with E-state index in [1.807, 2.05) is 10.8 Å². The zero-order chi connectivity index (χ0) is 22.0. The summed E-state index contributed by atoms with van der Waals surface area (Å²) in [6, 6.07) is 10.2. The summed E-state index contributed by atoms with van der Waals surface area (Å²) in [6.45, 7) is 0.285. The molecule has 1 fully saturated rings. The van der Waals surface area contributed by atoms with E-state index in [0.717, 1.165) is 24.6 Å². The van der Waals surface area contributed by atoms with Gasteiger partial charge in [0.1, 0.15) is 5.82 Å². The molecule has 0 saturated heterocycles. The molecule has 1 saturated carbocycles. The lowest BCUT2D eigenvalue weighted by atomic mass is 9.87. The Hall–Kier alpha value is -2.35. The Bertz CT molecular complexity index is 1060. The fourth-order valence-corrected chi connectivity index (χ4v) is 4.67. The number of hydrogen-bond donors (Lipinski definition) is 1. The smallest absolute Gasteiger partial charge is 0.351 e. The maximum Gasteiger partial charge on any atom is 0.417 e. The van der Waals surface area contributed by atoms with Crippen LogP contribution in [0.1, 0.15) is 54.8 Å². The molecule has 1 N–H and O–H groups in total. The molecular weight excluding hydrogens is 474 g/mol. The summed E-state index contributed by atoms with van der Waals surface area (Å²) in [7, 11) is 0. The van der Waals surface area contributed by atoms with Gasteiger partial charge in [0.25, 0.3) is 0 Å². The molecule has 0 atom stereocenters. The van der Waals surface area contributed by atoms with E-state index in [2.05, 4.69) is 21.2 Å². The Morgan fingerprint density at radius 2 is 1.84 bits per heavy atom. The lowest BCUT2D eigenvalue weighted by Crippen LogP contribution is -2.09. The molecule has 0 spiro atoms. The van der Waals surface area contributed by atoms with Gasteiger partial charge in [0.15, 0.2) is 0 Å². The van der Waals surface area contributed by atoms with Crippen molar-refractivity contribution in [3.63, 3.8) is 0 Å². The van der Waals surface area contributed by atoms with Crippen molar-refractivity contribution >= 4 is 21.9 Å². The third kappa shape index (κ3) is 5.11. The van der Waals surface area contributed by atoms with Crippen LogP contribution in [0.2, 0.25) is 0 Å². The highest BCUT2D eigenvalue weighted by molar-refractivity contribution is 9.10. The number of benzene rings is 2. The lowest BCUT2D eigenvalue weighted by Gasteiger charge is -2.19. The zero-order valence-electron chi connectivity index (χ0n) is 16.7. The van der Waals surface area contributed by atoms with Gasteiger partial charge in [-0.05, 0) is 48.7 Å². The number of alkyl halides is 3. The van der Waals surface area contributed by atoms with Crippen molar-refractivity contribution in [2.75, 3.05) is 5.32 Å². The number of nitrogens with one attached hydrogen (secondary N) is 1. The van der Waals surface area contributed by atoms with E-state index >= 15 is 0 Å². The SMILES string of the molecule is Fc1cccc(-n2cc(C3CCCCC3)nc2NCc2ccc(C(F)(F)F)c(Br)c2)c1. The molecule has 0 bridgehead atoms. The van der Waals surface area contributed by atoms with Crippen LogP contribution in [0.25, 0.3) is 5.69 Å². The van der Waals surface area contributed by atoms with Gasteiger partial charge in [-0.1, -0.05) is 47.3 Å². The van der Waals surface area contributed by atoms with Gasteiger partial charge in [-0.15, -0.1) is 0 Å². The highest BCUT2D eigenvalue weighted by atomic mass is 79.9. The van der Waals surface area contributed by atoms with Crippen LogP contribution in [-0.4, -0.2) is 9.55 Å². The maximum absolute atomic E-state index is 13.8. The second-order valence-corrected chi connectivity index (χ2v) is 8.69.